The first-order valence-corrected chi connectivity index (χ1v) is 4.75. The number of aryl methyl sites for hydroxylation is 2. The summed E-state index contributed by atoms with van der Waals surface area (Å²) in [5, 5.41) is 14.1. The number of nitrogens with zero attached hydrogens (tertiary/aromatic N) is 2. The summed E-state index contributed by atoms with van der Waals surface area (Å²) in [6.07, 6.45) is 0. The molecule has 0 aliphatic rings. The molecule has 0 amide bonds. The van der Waals surface area contributed by atoms with Crippen LogP contribution in [0.3, 0.4) is 0 Å². The number of hydrogen-bond donors (Lipinski definition) is 1. The van der Waals surface area contributed by atoms with Crippen molar-refractivity contribution < 1.29 is 9.90 Å². The van der Waals surface area contributed by atoms with Gasteiger partial charge in [0.15, 0.2) is 0 Å². The van der Waals surface area contributed by atoms with Crippen LogP contribution in [-0.2, 0) is 7.05 Å². The summed E-state index contributed by atoms with van der Waals surface area (Å²) >= 11 is 5.86. The van der Waals surface area contributed by atoms with Crippen molar-refractivity contribution in [1.29, 1.82) is 0 Å². The Bertz CT molecular complexity index is 560. The molecule has 0 aliphatic heterocycles. The SMILES string of the molecule is Cc1c2c(C(=O)O)c(Cl)ccc2nn1C. The van der Waals surface area contributed by atoms with Crippen LogP contribution in [0.2, 0.25) is 5.02 Å². The third-order valence-corrected chi connectivity index (χ3v) is 2.77. The molecule has 0 fully saturated rings. The second-order valence-electron chi connectivity index (χ2n) is 3.33. The van der Waals surface area contributed by atoms with E-state index in [2.05, 4.69) is 5.10 Å². The highest BCUT2D eigenvalue weighted by atomic mass is 35.5. The highest BCUT2D eigenvalue weighted by Crippen LogP contribution is 2.27. The van der Waals surface area contributed by atoms with Gasteiger partial charge in [-0.05, 0) is 19.1 Å². The predicted octanol–water partition coefficient (Wildman–Crippen LogP) is 2.23. The van der Waals surface area contributed by atoms with Crippen LogP contribution in [0.5, 0.6) is 0 Å². The van der Waals surface area contributed by atoms with E-state index >= 15 is 0 Å². The van der Waals surface area contributed by atoms with Crippen molar-refractivity contribution in [1.82, 2.24) is 9.78 Å². The largest absolute Gasteiger partial charge is 0.478 e. The van der Waals surface area contributed by atoms with E-state index in [0.29, 0.717) is 10.9 Å². The lowest BCUT2D eigenvalue weighted by molar-refractivity contribution is 0.0699. The number of carboxylic acid groups (broad SMARTS) is 1. The fourth-order valence-electron chi connectivity index (χ4n) is 1.62. The van der Waals surface area contributed by atoms with Gasteiger partial charge in [-0.3, -0.25) is 4.68 Å². The molecule has 15 heavy (non-hydrogen) atoms. The van der Waals surface area contributed by atoms with E-state index in [1.165, 1.54) is 0 Å². The van der Waals surface area contributed by atoms with E-state index in [1.807, 2.05) is 6.92 Å². The molecule has 0 radical (unpaired) electrons. The quantitative estimate of drug-likeness (QED) is 0.808. The Morgan fingerprint density at radius 2 is 2.20 bits per heavy atom. The van der Waals surface area contributed by atoms with Crippen LogP contribution in [0.1, 0.15) is 16.1 Å². The summed E-state index contributed by atoms with van der Waals surface area (Å²) < 4.78 is 1.65. The average Bonchev–Trinajstić information content (AvgIpc) is 2.44. The number of hydrogen-bond acceptors (Lipinski definition) is 2. The molecule has 2 rings (SSSR count). The van der Waals surface area contributed by atoms with Gasteiger partial charge < -0.3 is 5.11 Å². The third kappa shape index (κ3) is 1.37. The van der Waals surface area contributed by atoms with Gasteiger partial charge in [0.25, 0.3) is 0 Å². The van der Waals surface area contributed by atoms with Gasteiger partial charge in [-0.15, -0.1) is 0 Å². The van der Waals surface area contributed by atoms with E-state index in [0.717, 1.165) is 5.69 Å². The van der Waals surface area contributed by atoms with E-state index in [-0.39, 0.29) is 10.6 Å². The molecule has 1 aromatic heterocycles. The third-order valence-electron chi connectivity index (χ3n) is 2.45. The summed E-state index contributed by atoms with van der Waals surface area (Å²) in [7, 11) is 1.77. The van der Waals surface area contributed by atoms with Crippen LogP contribution in [-0.4, -0.2) is 20.9 Å². The van der Waals surface area contributed by atoms with Gasteiger partial charge in [0.05, 0.1) is 16.1 Å². The number of aromatic carboxylic acids is 1. The molecule has 1 heterocycles. The van der Waals surface area contributed by atoms with E-state index < -0.39 is 5.97 Å². The standard InChI is InChI=1S/C10H9ClN2O2/c1-5-8-7(12-13(5)2)4-3-6(11)9(8)10(14)15/h3-4H,1-2H3,(H,14,15). The summed E-state index contributed by atoms with van der Waals surface area (Å²) in [4.78, 5) is 11.1. The Morgan fingerprint density at radius 1 is 1.53 bits per heavy atom. The molecule has 0 aliphatic carbocycles. The number of rotatable bonds is 1. The Hall–Kier alpha value is -1.55. The molecule has 4 nitrogen and oxygen atoms in total. The number of halogens is 1. The van der Waals surface area contributed by atoms with Crippen LogP contribution < -0.4 is 0 Å². The van der Waals surface area contributed by atoms with E-state index in [1.54, 1.807) is 23.9 Å². The molecule has 1 N–H and O–H groups in total. The van der Waals surface area contributed by atoms with Crippen molar-refractivity contribution in [2.45, 2.75) is 6.92 Å². The summed E-state index contributed by atoms with van der Waals surface area (Å²) in [5.41, 5.74) is 1.57. The first-order chi connectivity index (χ1) is 7.02. The second kappa shape index (κ2) is 3.24. The highest BCUT2D eigenvalue weighted by Gasteiger charge is 2.17. The van der Waals surface area contributed by atoms with Crippen molar-refractivity contribution in [3.63, 3.8) is 0 Å². The number of carbonyl (C=O) groups is 1. The first kappa shape index (κ1) is 9.98. The number of fused-ring (bicyclic) bond motifs is 1. The molecule has 5 heteroatoms. The van der Waals surface area contributed by atoms with E-state index in [9.17, 15) is 4.79 Å². The molecule has 78 valence electrons. The minimum absolute atomic E-state index is 0.125. The molecule has 0 saturated heterocycles. The lowest BCUT2D eigenvalue weighted by Gasteiger charge is -2.00. The maximum atomic E-state index is 11.1. The van der Waals surface area contributed by atoms with Crippen molar-refractivity contribution in [2.24, 2.45) is 7.05 Å². The number of aromatic nitrogens is 2. The van der Waals surface area contributed by atoms with E-state index in [4.69, 9.17) is 16.7 Å². The molecule has 0 saturated carbocycles. The first-order valence-electron chi connectivity index (χ1n) is 4.37. The summed E-state index contributed by atoms with van der Waals surface area (Å²) in [6.45, 7) is 1.82. The number of carboxylic acids is 1. The smallest absolute Gasteiger partial charge is 0.337 e. The fourth-order valence-corrected chi connectivity index (χ4v) is 1.86. The van der Waals surface area contributed by atoms with Gasteiger partial charge in [0.1, 0.15) is 0 Å². The summed E-state index contributed by atoms with van der Waals surface area (Å²) in [6, 6.07) is 3.27. The Labute approximate surface area is 91.1 Å². The molecule has 0 spiro atoms. The molecule has 1 aromatic carbocycles. The Balaban J connectivity index is 2.97. The van der Waals surface area contributed by atoms with Crippen LogP contribution in [0.25, 0.3) is 10.9 Å². The summed E-state index contributed by atoms with van der Waals surface area (Å²) in [5.74, 6) is -1.03. The van der Waals surface area contributed by atoms with Crippen LogP contribution in [0.15, 0.2) is 12.1 Å². The second-order valence-corrected chi connectivity index (χ2v) is 3.74. The molecule has 2 aromatic rings. The average molecular weight is 225 g/mol. The topological polar surface area (TPSA) is 55.1 Å². The molecular formula is C10H9ClN2O2. The maximum Gasteiger partial charge on any atom is 0.337 e. The van der Waals surface area contributed by atoms with Gasteiger partial charge in [-0.2, -0.15) is 5.10 Å². The maximum absolute atomic E-state index is 11.1. The van der Waals surface area contributed by atoms with Gasteiger partial charge >= 0.3 is 5.97 Å². The fraction of sp³-hybridized carbons (Fsp3) is 0.200. The predicted molar refractivity (Wildman–Crippen MR) is 57.4 cm³/mol. The van der Waals surface area contributed by atoms with Gasteiger partial charge in [-0.1, -0.05) is 11.6 Å². The highest BCUT2D eigenvalue weighted by molar-refractivity contribution is 6.35. The minimum Gasteiger partial charge on any atom is -0.478 e. The molecule has 0 bridgehead atoms. The van der Waals surface area contributed by atoms with Crippen LogP contribution in [0.4, 0.5) is 0 Å². The Morgan fingerprint density at radius 3 is 2.80 bits per heavy atom. The van der Waals surface area contributed by atoms with Gasteiger partial charge in [-0.25, -0.2) is 4.79 Å². The number of benzene rings is 1. The monoisotopic (exact) mass is 224 g/mol. The van der Waals surface area contributed by atoms with Crippen molar-refractivity contribution in [3.8, 4) is 0 Å². The zero-order chi connectivity index (χ0) is 11.2. The Kier molecular flexibility index (Phi) is 2.16. The molecular weight excluding hydrogens is 216 g/mol. The zero-order valence-electron chi connectivity index (χ0n) is 8.28. The van der Waals surface area contributed by atoms with Crippen molar-refractivity contribution in [3.05, 3.63) is 28.4 Å². The van der Waals surface area contributed by atoms with Crippen LogP contribution >= 0.6 is 11.6 Å². The van der Waals surface area contributed by atoms with Crippen molar-refractivity contribution >= 4 is 28.5 Å². The normalized spacial score (nSPS) is 10.9. The van der Waals surface area contributed by atoms with Gasteiger partial charge in [0.2, 0.25) is 0 Å². The van der Waals surface area contributed by atoms with Gasteiger partial charge in [0, 0.05) is 18.1 Å². The molecule has 0 atom stereocenters. The molecule has 0 unspecified atom stereocenters. The lowest BCUT2D eigenvalue weighted by Crippen LogP contribution is -1.99. The zero-order valence-corrected chi connectivity index (χ0v) is 9.04. The lowest BCUT2D eigenvalue weighted by atomic mass is 10.1. The van der Waals surface area contributed by atoms with Crippen LogP contribution in [0, 0.1) is 6.92 Å². The minimum atomic E-state index is -1.03. The van der Waals surface area contributed by atoms with Crippen molar-refractivity contribution in [2.75, 3.05) is 0 Å².